The van der Waals surface area contributed by atoms with Crippen molar-refractivity contribution in [3.8, 4) is 0 Å². The Labute approximate surface area is 246 Å². The fourth-order valence-electron chi connectivity index (χ4n) is 7.02. The average Bonchev–Trinajstić information content (AvgIpc) is 3.20. The molecule has 2 aromatic rings. The highest BCUT2D eigenvalue weighted by Crippen LogP contribution is 2.50. The predicted molar refractivity (Wildman–Crippen MR) is 161 cm³/mol. The van der Waals surface area contributed by atoms with Gasteiger partial charge in [0.25, 0.3) is 0 Å². The topological polar surface area (TPSA) is 129 Å². The van der Waals surface area contributed by atoms with Crippen LogP contribution in [-0.4, -0.2) is 59.8 Å². The number of benzene rings is 1. The molecule has 5 heterocycles. The molecule has 42 heavy (non-hydrogen) atoms. The van der Waals surface area contributed by atoms with Gasteiger partial charge in [-0.25, -0.2) is 0 Å². The third-order valence-corrected chi connectivity index (χ3v) is 9.45. The van der Waals surface area contributed by atoms with Crippen molar-refractivity contribution >= 4 is 40.6 Å². The molecule has 1 N–H and O–H groups in total. The summed E-state index contributed by atoms with van der Waals surface area (Å²) in [5.41, 5.74) is 3.17. The van der Waals surface area contributed by atoms with Crippen molar-refractivity contribution in [3.05, 3.63) is 52.2 Å². The van der Waals surface area contributed by atoms with Gasteiger partial charge in [0.15, 0.2) is 6.20 Å². The van der Waals surface area contributed by atoms with Crippen LogP contribution in [0.15, 0.2) is 36.5 Å². The van der Waals surface area contributed by atoms with E-state index in [2.05, 4.69) is 26.2 Å². The Bertz CT molecular complexity index is 1370. The lowest BCUT2D eigenvalue weighted by atomic mass is 9.71. The molecule has 1 aromatic heterocycles. The summed E-state index contributed by atoms with van der Waals surface area (Å²) in [5.74, 6) is -0.943. The zero-order valence-electron chi connectivity index (χ0n) is 24.9. The largest absolute Gasteiger partial charge is 0.371 e. The van der Waals surface area contributed by atoms with E-state index in [9.17, 15) is 24.5 Å². The Hall–Kier alpha value is -4.02. The van der Waals surface area contributed by atoms with Crippen LogP contribution in [0, 0.1) is 15.5 Å². The number of pyridine rings is 1. The number of nitrogens with zero attached hydrogens (tertiary/aromatic N) is 5. The van der Waals surface area contributed by atoms with Crippen molar-refractivity contribution in [2.75, 3.05) is 40.9 Å². The van der Waals surface area contributed by atoms with Crippen LogP contribution in [-0.2, 0) is 19.8 Å². The van der Waals surface area contributed by atoms with Crippen molar-refractivity contribution in [3.63, 3.8) is 0 Å². The molecule has 1 atom stereocenters. The Kier molecular flexibility index (Phi) is 7.96. The molecule has 11 heteroatoms. The Morgan fingerprint density at radius 1 is 0.929 bits per heavy atom. The van der Waals surface area contributed by atoms with Gasteiger partial charge in [-0.2, -0.15) is 0 Å². The lowest BCUT2D eigenvalue weighted by Gasteiger charge is -2.48. The quantitative estimate of drug-likeness (QED) is 0.324. The molecule has 3 amide bonds. The summed E-state index contributed by atoms with van der Waals surface area (Å²) in [6.45, 7) is 11.4. The average molecular weight is 577 g/mol. The third-order valence-electron chi connectivity index (χ3n) is 9.45. The molecule has 0 bridgehead atoms. The van der Waals surface area contributed by atoms with Gasteiger partial charge in [-0.05, 0) is 79.5 Å². The summed E-state index contributed by atoms with van der Waals surface area (Å²) in [7, 11) is 0. The van der Waals surface area contributed by atoms with Gasteiger partial charge >= 0.3 is 5.82 Å². The molecule has 0 saturated carbocycles. The number of imide groups is 1. The van der Waals surface area contributed by atoms with E-state index in [4.69, 9.17) is 0 Å². The molecule has 11 nitrogen and oxygen atoms in total. The highest BCUT2D eigenvalue weighted by molar-refractivity contribution is 6.14. The Morgan fingerprint density at radius 3 is 2.12 bits per heavy atom. The van der Waals surface area contributed by atoms with Crippen molar-refractivity contribution in [1.82, 2.24) is 10.3 Å². The maximum Gasteiger partial charge on any atom is 0.363 e. The number of aromatic nitrogens is 1. The summed E-state index contributed by atoms with van der Waals surface area (Å²) >= 11 is 0. The number of rotatable bonds is 4. The van der Waals surface area contributed by atoms with Gasteiger partial charge in [0, 0.05) is 49.9 Å². The number of carbonyl (C=O) groups excluding carboxylic acids is 3. The first kappa shape index (κ1) is 29.5. The highest BCUT2D eigenvalue weighted by Gasteiger charge is 2.51. The second-order valence-electron chi connectivity index (χ2n) is 12.0. The summed E-state index contributed by atoms with van der Waals surface area (Å²) in [6, 6.07) is 8.53. The lowest BCUT2D eigenvalue weighted by molar-refractivity contribution is -0.389. The van der Waals surface area contributed by atoms with Gasteiger partial charge in [-0.1, -0.05) is 19.9 Å². The van der Waals surface area contributed by atoms with Crippen molar-refractivity contribution in [1.29, 1.82) is 0 Å². The van der Waals surface area contributed by atoms with Crippen LogP contribution >= 0.6 is 0 Å². The standard InChI is InChI=1S/C29H34N6O5.C2H6/c1-28(2)25-20(4-3-5-21(25)34(27(28)38)22-7-9-24(36)31-26(22)37)33-16-12-29(13-17-33)10-14-32(15-11-29)19-6-8-23(30-18-19)35(39)40;1-2/h3-6,8,18,22H,7,9-17H2,1-2H3,(H,31,36,37);1-2H3. The first-order chi connectivity index (χ1) is 20.1. The van der Waals surface area contributed by atoms with Gasteiger partial charge in [0.1, 0.15) is 6.04 Å². The molecule has 4 aliphatic rings. The second-order valence-corrected chi connectivity index (χ2v) is 12.0. The lowest BCUT2D eigenvalue weighted by Crippen LogP contribution is -2.55. The number of carbonyl (C=O) groups is 3. The second kappa shape index (κ2) is 11.3. The monoisotopic (exact) mass is 576 g/mol. The molecule has 6 rings (SSSR count). The maximum atomic E-state index is 13.7. The summed E-state index contributed by atoms with van der Waals surface area (Å²) < 4.78 is 0. The summed E-state index contributed by atoms with van der Waals surface area (Å²) in [6.07, 6.45) is 6.35. The smallest absolute Gasteiger partial charge is 0.363 e. The van der Waals surface area contributed by atoms with E-state index in [-0.39, 0.29) is 29.5 Å². The number of hydrogen-bond acceptors (Lipinski definition) is 8. The van der Waals surface area contributed by atoms with Crippen LogP contribution < -0.4 is 20.0 Å². The van der Waals surface area contributed by atoms with Crippen LogP contribution in [0.1, 0.15) is 71.8 Å². The highest BCUT2D eigenvalue weighted by atomic mass is 16.6. The van der Waals surface area contributed by atoms with Crippen molar-refractivity contribution in [2.45, 2.75) is 77.7 Å². The number of amides is 3. The number of anilines is 3. The fraction of sp³-hybridized carbons (Fsp3) is 0.548. The van der Waals surface area contributed by atoms with Crippen LogP contribution in [0.4, 0.5) is 22.9 Å². The normalized spacial score (nSPS) is 22.8. The minimum absolute atomic E-state index is 0.106. The van der Waals surface area contributed by atoms with E-state index in [1.165, 1.54) is 6.07 Å². The minimum atomic E-state index is -0.785. The molecule has 4 aliphatic heterocycles. The number of piperidine rings is 3. The van der Waals surface area contributed by atoms with Gasteiger partial charge in [-0.3, -0.25) is 24.6 Å². The van der Waals surface area contributed by atoms with Crippen molar-refractivity contribution in [2.24, 2.45) is 5.41 Å². The van der Waals surface area contributed by atoms with Crippen LogP contribution in [0.5, 0.6) is 0 Å². The number of fused-ring (bicyclic) bond motifs is 1. The molecule has 224 valence electrons. The van der Waals surface area contributed by atoms with E-state index in [1.54, 1.807) is 17.2 Å². The molecule has 0 aliphatic carbocycles. The van der Waals surface area contributed by atoms with E-state index >= 15 is 0 Å². The summed E-state index contributed by atoms with van der Waals surface area (Å²) in [5, 5.41) is 13.3. The van der Waals surface area contributed by atoms with Gasteiger partial charge < -0.3 is 19.9 Å². The summed E-state index contributed by atoms with van der Waals surface area (Å²) in [4.78, 5) is 58.8. The van der Waals surface area contributed by atoms with Gasteiger partial charge in [-0.15, -0.1) is 0 Å². The minimum Gasteiger partial charge on any atom is -0.371 e. The van der Waals surface area contributed by atoms with Crippen LogP contribution in [0.3, 0.4) is 0 Å². The zero-order chi connectivity index (χ0) is 30.2. The van der Waals surface area contributed by atoms with E-state index in [0.29, 0.717) is 6.42 Å². The Morgan fingerprint density at radius 2 is 1.55 bits per heavy atom. The van der Waals surface area contributed by atoms with Crippen molar-refractivity contribution < 1.29 is 19.3 Å². The number of nitro groups is 1. The van der Waals surface area contributed by atoms with E-state index < -0.39 is 22.3 Å². The molecule has 1 aromatic carbocycles. The maximum absolute atomic E-state index is 13.7. The van der Waals surface area contributed by atoms with Crippen LogP contribution in [0.25, 0.3) is 0 Å². The fourth-order valence-corrected chi connectivity index (χ4v) is 7.02. The van der Waals surface area contributed by atoms with E-state index in [0.717, 1.165) is 74.5 Å². The van der Waals surface area contributed by atoms with E-state index in [1.807, 2.05) is 39.8 Å². The predicted octanol–water partition coefficient (Wildman–Crippen LogP) is 4.33. The van der Waals surface area contributed by atoms with Gasteiger partial charge in [0.2, 0.25) is 17.7 Å². The molecule has 0 radical (unpaired) electrons. The molecule has 3 fully saturated rings. The SMILES string of the molecule is CC.CC1(C)C(=O)N(C2CCC(=O)NC2=O)c2cccc(N3CCC4(CCN(c5ccc([N+](=O)[O-])nc5)CC4)CC3)c21. The molecular formula is C31H40N6O5. The Balaban J connectivity index is 0.00000173. The van der Waals surface area contributed by atoms with Crippen LogP contribution in [0.2, 0.25) is 0 Å². The zero-order valence-corrected chi connectivity index (χ0v) is 24.9. The molecule has 3 saturated heterocycles. The first-order valence-corrected chi connectivity index (χ1v) is 15.0. The number of nitrogens with one attached hydrogen (secondary N) is 1. The third kappa shape index (κ3) is 5.09. The molecule has 1 unspecified atom stereocenters. The van der Waals surface area contributed by atoms with Gasteiger partial charge in [0.05, 0.1) is 16.8 Å². The molecular weight excluding hydrogens is 536 g/mol. The first-order valence-electron chi connectivity index (χ1n) is 15.0. The molecule has 1 spiro atoms. The number of hydrogen-bond donors (Lipinski definition) is 1.